The Balaban J connectivity index is 1.67. The van der Waals surface area contributed by atoms with E-state index < -0.39 is 47.7 Å². The molecule has 10 nitrogen and oxygen atoms in total. The van der Waals surface area contributed by atoms with Crippen molar-refractivity contribution in [2.24, 2.45) is 17.8 Å². The molecule has 1 aromatic rings. The number of benzene rings is 1. The number of likely N-dealkylation sites (tertiary alicyclic amines) is 1. The van der Waals surface area contributed by atoms with Crippen LogP contribution in [-0.4, -0.2) is 93.0 Å². The van der Waals surface area contributed by atoms with E-state index >= 15 is 0 Å². The van der Waals surface area contributed by atoms with Crippen molar-refractivity contribution in [3.05, 3.63) is 61.2 Å². The van der Waals surface area contributed by atoms with Crippen molar-refractivity contribution in [1.82, 2.24) is 15.1 Å². The first kappa shape index (κ1) is 34.8. The van der Waals surface area contributed by atoms with Gasteiger partial charge < -0.3 is 29.7 Å². The van der Waals surface area contributed by atoms with Crippen molar-refractivity contribution < 1.29 is 33.8 Å². The highest BCUT2D eigenvalue weighted by Gasteiger charge is 2.77. The molecule has 1 aromatic carbocycles. The number of nitrogens with zero attached hydrogens (tertiary/aromatic N) is 2. The van der Waals surface area contributed by atoms with E-state index in [0.29, 0.717) is 25.8 Å². The number of amides is 3. The minimum atomic E-state index is -1.29. The van der Waals surface area contributed by atoms with Gasteiger partial charge in [-0.05, 0) is 37.7 Å². The van der Waals surface area contributed by atoms with Crippen molar-refractivity contribution in [3.8, 4) is 0 Å². The molecular formula is C34H46BrN3O7. The summed E-state index contributed by atoms with van der Waals surface area (Å²) in [7, 11) is 0. The zero-order valence-corrected chi connectivity index (χ0v) is 28.0. The summed E-state index contributed by atoms with van der Waals surface area (Å²) in [4.78, 5) is 57.9. The molecule has 11 heteroatoms. The molecule has 4 rings (SSSR count). The van der Waals surface area contributed by atoms with Crippen molar-refractivity contribution in [2.45, 2.75) is 87.7 Å². The van der Waals surface area contributed by atoms with Crippen LogP contribution >= 0.6 is 15.9 Å². The van der Waals surface area contributed by atoms with E-state index in [9.17, 15) is 24.3 Å². The summed E-state index contributed by atoms with van der Waals surface area (Å²) < 4.78 is 12.4. The van der Waals surface area contributed by atoms with Crippen LogP contribution in [0.15, 0.2) is 55.6 Å². The number of ether oxygens (including phenoxy) is 2. The van der Waals surface area contributed by atoms with E-state index in [1.807, 2.05) is 44.2 Å². The molecule has 246 valence electrons. The van der Waals surface area contributed by atoms with Gasteiger partial charge in [-0.2, -0.15) is 0 Å². The lowest BCUT2D eigenvalue weighted by atomic mass is 9.70. The summed E-state index contributed by atoms with van der Waals surface area (Å²) in [6.45, 7) is 13.5. The van der Waals surface area contributed by atoms with Crippen LogP contribution in [0.3, 0.4) is 0 Å². The molecule has 3 saturated heterocycles. The van der Waals surface area contributed by atoms with Gasteiger partial charge in [-0.15, -0.1) is 13.2 Å². The average Bonchev–Trinajstić information content (AvgIpc) is 3.60. The SMILES string of the molecule is C=CCCC(=O)NC[C@@H](C)OC(=O)[C@@H]1[C@H]2O[C@@]3(CC2Br)[C@H](C(=O)N(CC=C)Cc2ccccc2)N([C@@H](CO)CC(C)C)C(=O)[C@@H]13. The fraction of sp³-hybridized carbons (Fsp3) is 0.588. The monoisotopic (exact) mass is 687 g/mol. The minimum Gasteiger partial charge on any atom is -0.460 e. The van der Waals surface area contributed by atoms with Gasteiger partial charge in [0.2, 0.25) is 17.7 Å². The van der Waals surface area contributed by atoms with Gasteiger partial charge in [-0.25, -0.2) is 0 Å². The summed E-state index contributed by atoms with van der Waals surface area (Å²) >= 11 is 3.69. The number of halogens is 1. The number of hydrogen-bond donors (Lipinski definition) is 2. The van der Waals surface area contributed by atoms with Gasteiger partial charge in [0.05, 0.1) is 37.1 Å². The zero-order chi connectivity index (χ0) is 32.9. The summed E-state index contributed by atoms with van der Waals surface area (Å²) in [5, 5.41) is 13.3. The number of aliphatic hydroxyl groups excluding tert-OH is 1. The molecular weight excluding hydrogens is 642 g/mol. The van der Waals surface area contributed by atoms with Gasteiger partial charge in [-0.3, -0.25) is 19.2 Å². The van der Waals surface area contributed by atoms with Gasteiger partial charge in [0.15, 0.2) is 0 Å². The highest BCUT2D eigenvalue weighted by Crippen LogP contribution is 2.61. The Morgan fingerprint density at radius 2 is 1.93 bits per heavy atom. The van der Waals surface area contributed by atoms with Crippen molar-refractivity contribution in [2.75, 3.05) is 19.7 Å². The third-order valence-corrected chi connectivity index (χ3v) is 9.78. The lowest BCUT2D eigenvalue weighted by molar-refractivity contribution is -0.160. The molecule has 8 atom stereocenters. The van der Waals surface area contributed by atoms with E-state index in [1.54, 1.807) is 24.0 Å². The maximum absolute atomic E-state index is 14.7. The Morgan fingerprint density at radius 3 is 2.56 bits per heavy atom. The number of allylic oxidation sites excluding steroid dienone is 1. The number of carbonyl (C=O) groups is 4. The zero-order valence-electron chi connectivity index (χ0n) is 26.4. The number of fused-ring (bicyclic) bond motifs is 1. The molecule has 45 heavy (non-hydrogen) atoms. The Morgan fingerprint density at radius 1 is 1.22 bits per heavy atom. The number of hydrogen-bond acceptors (Lipinski definition) is 7. The molecule has 3 heterocycles. The second-order valence-corrected chi connectivity index (χ2v) is 13.9. The lowest BCUT2D eigenvalue weighted by Crippen LogP contribution is -2.59. The van der Waals surface area contributed by atoms with Gasteiger partial charge in [0, 0.05) is 24.3 Å². The van der Waals surface area contributed by atoms with Gasteiger partial charge in [-0.1, -0.05) is 72.3 Å². The Kier molecular flexibility index (Phi) is 11.7. The van der Waals surface area contributed by atoms with Crippen molar-refractivity contribution >= 4 is 39.6 Å². The quantitative estimate of drug-likeness (QED) is 0.155. The van der Waals surface area contributed by atoms with Crippen molar-refractivity contribution in [3.63, 3.8) is 0 Å². The van der Waals surface area contributed by atoms with Crippen LogP contribution < -0.4 is 5.32 Å². The Bertz CT molecular complexity index is 1260. The standard InChI is InChI=1S/C34H46BrN3O7/c1-6-8-14-26(40)36-18-22(5)44-33(43)27-28-31(41)38(24(20-39)16-21(3)4)30(34(28)17-25(35)29(27)45-34)32(42)37(15-7-2)19-23-12-10-9-11-13-23/h6-7,9-13,21-22,24-25,27-30,39H,1-2,8,14-20H2,3-5H3,(H,36,40)/t22-,24-,25?,27+,28-,29+,30+,34-/m1/s1. The Labute approximate surface area is 274 Å². The van der Waals surface area contributed by atoms with Crippen molar-refractivity contribution in [1.29, 1.82) is 0 Å². The van der Waals surface area contributed by atoms with E-state index in [1.165, 1.54) is 4.90 Å². The Hall–Kier alpha value is -3.02. The normalized spacial score (nSPS) is 28.0. The number of esters is 1. The fourth-order valence-corrected chi connectivity index (χ4v) is 8.04. The first-order valence-electron chi connectivity index (χ1n) is 15.8. The second kappa shape index (κ2) is 15.0. The van der Waals surface area contributed by atoms with Crippen LogP contribution in [0, 0.1) is 17.8 Å². The van der Waals surface area contributed by atoms with Crippen LogP contribution in [0.5, 0.6) is 0 Å². The molecule has 0 aromatic heterocycles. The summed E-state index contributed by atoms with van der Waals surface area (Å²) in [5.74, 6) is -3.29. The summed E-state index contributed by atoms with van der Waals surface area (Å²) in [6.07, 6.45) is 3.60. The second-order valence-electron chi connectivity index (χ2n) is 12.7. The molecule has 1 unspecified atom stereocenters. The largest absolute Gasteiger partial charge is 0.460 e. The first-order chi connectivity index (χ1) is 21.5. The fourth-order valence-electron chi connectivity index (χ4n) is 7.09. The highest BCUT2D eigenvalue weighted by atomic mass is 79.9. The number of carbonyl (C=O) groups excluding carboxylic acids is 4. The van der Waals surface area contributed by atoms with Crippen LogP contribution in [-0.2, 0) is 35.2 Å². The van der Waals surface area contributed by atoms with E-state index in [0.717, 1.165) is 5.56 Å². The maximum Gasteiger partial charge on any atom is 0.312 e. The van der Waals surface area contributed by atoms with Crippen LogP contribution in [0.25, 0.3) is 0 Å². The molecule has 3 fully saturated rings. The topological polar surface area (TPSA) is 125 Å². The average molecular weight is 689 g/mol. The minimum absolute atomic E-state index is 0.117. The molecule has 2 bridgehead atoms. The molecule has 2 N–H and O–H groups in total. The molecule has 1 spiro atoms. The molecule has 3 amide bonds. The van der Waals surface area contributed by atoms with E-state index in [4.69, 9.17) is 9.47 Å². The maximum atomic E-state index is 14.7. The highest BCUT2D eigenvalue weighted by molar-refractivity contribution is 9.09. The summed E-state index contributed by atoms with van der Waals surface area (Å²) in [6, 6.07) is 7.86. The smallest absolute Gasteiger partial charge is 0.312 e. The molecule has 0 aliphatic carbocycles. The third kappa shape index (κ3) is 7.20. The van der Waals surface area contributed by atoms with Crippen LogP contribution in [0.1, 0.15) is 52.0 Å². The third-order valence-electron chi connectivity index (χ3n) is 8.94. The van der Waals surface area contributed by atoms with E-state index in [2.05, 4.69) is 34.4 Å². The number of rotatable bonds is 16. The van der Waals surface area contributed by atoms with Gasteiger partial charge in [0.25, 0.3) is 0 Å². The molecule has 3 aliphatic heterocycles. The number of alkyl halides is 1. The van der Waals surface area contributed by atoms with Gasteiger partial charge >= 0.3 is 5.97 Å². The predicted molar refractivity (Wildman–Crippen MR) is 173 cm³/mol. The lowest BCUT2D eigenvalue weighted by Gasteiger charge is -2.39. The molecule has 0 saturated carbocycles. The first-order valence-corrected chi connectivity index (χ1v) is 16.7. The van der Waals surface area contributed by atoms with Crippen LogP contribution in [0.2, 0.25) is 0 Å². The molecule has 0 radical (unpaired) electrons. The predicted octanol–water partition coefficient (Wildman–Crippen LogP) is 3.37. The van der Waals surface area contributed by atoms with Gasteiger partial charge in [0.1, 0.15) is 17.7 Å². The van der Waals surface area contributed by atoms with E-state index in [-0.39, 0.29) is 54.6 Å². The number of nitrogens with one attached hydrogen (secondary N) is 1. The van der Waals surface area contributed by atoms with Crippen LogP contribution in [0.4, 0.5) is 0 Å². The molecule has 3 aliphatic rings. The number of aliphatic hydroxyl groups is 1. The summed E-state index contributed by atoms with van der Waals surface area (Å²) in [5.41, 5.74) is -0.375.